The zero-order chi connectivity index (χ0) is 20.1. The molecule has 0 spiro atoms. The van der Waals surface area contributed by atoms with Gasteiger partial charge in [-0.15, -0.1) is 0 Å². The van der Waals surface area contributed by atoms with Crippen LogP contribution in [0.1, 0.15) is 48.9 Å². The van der Waals surface area contributed by atoms with Crippen LogP contribution in [0.25, 0.3) is 0 Å². The zero-order valence-corrected chi connectivity index (χ0v) is 16.7. The summed E-state index contributed by atoms with van der Waals surface area (Å²) in [5.74, 6) is 1.05. The lowest BCUT2D eigenvalue weighted by Crippen LogP contribution is -2.27. The van der Waals surface area contributed by atoms with Crippen LogP contribution in [0.15, 0.2) is 42.5 Å². The molecule has 0 saturated heterocycles. The molecule has 2 N–H and O–H groups in total. The van der Waals surface area contributed by atoms with E-state index in [0.717, 1.165) is 41.0 Å². The molecule has 0 aromatic heterocycles. The molecule has 0 bridgehead atoms. The first kappa shape index (κ1) is 19.9. The Morgan fingerprint density at radius 1 is 1.11 bits per heavy atom. The summed E-state index contributed by atoms with van der Waals surface area (Å²) in [7, 11) is 0. The number of ether oxygens (including phenoxy) is 1. The number of rotatable bonds is 8. The van der Waals surface area contributed by atoms with Crippen molar-refractivity contribution < 1.29 is 14.3 Å². The quantitative estimate of drug-likeness (QED) is 0.717. The summed E-state index contributed by atoms with van der Waals surface area (Å²) in [5.41, 5.74) is 3.98. The molecule has 2 aromatic rings. The lowest BCUT2D eigenvalue weighted by Gasteiger charge is -2.16. The van der Waals surface area contributed by atoms with Gasteiger partial charge in [0.2, 0.25) is 11.8 Å². The highest BCUT2D eigenvalue weighted by Gasteiger charge is 2.29. The van der Waals surface area contributed by atoms with Gasteiger partial charge < -0.3 is 15.4 Å². The fraction of sp³-hybridized carbons (Fsp3) is 0.391. The molecular weight excluding hydrogens is 352 g/mol. The highest BCUT2D eigenvalue weighted by atomic mass is 16.5. The van der Waals surface area contributed by atoms with E-state index in [1.165, 1.54) is 0 Å². The van der Waals surface area contributed by atoms with Crippen LogP contribution in [-0.4, -0.2) is 18.4 Å². The molecule has 148 valence electrons. The van der Waals surface area contributed by atoms with Crippen molar-refractivity contribution in [3.63, 3.8) is 0 Å². The second kappa shape index (κ2) is 8.91. The smallest absolute Gasteiger partial charge is 0.227 e. The summed E-state index contributed by atoms with van der Waals surface area (Å²) in [6, 6.07) is 13.5. The van der Waals surface area contributed by atoms with Crippen molar-refractivity contribution in [2.75, 3.05) is 11.9 Å². The SMILES string of the molecule is Cc1ccc(C)c(OCCC(=O)NC(C)c2ccc(NC(=O)C3CC3)cc2)c1. The van der Waals surface area contributed by atoms with Crippen molar-refractivity contribution in [1.82, 2.24) is 5.32 Å². The van der Waals surface area contributed by atoms with Gasteiger partial charge in [0.15, 0.2) is 0 Å². The molecule has 1 unspecified atom stereocenters. The third kappa shape index (κ3) is 5.59. The third-order valence-corrected chi connectivity index (χ3v) is 4.93. The van der Waals surface area contributed by atoms with Gasteiger partial charge in [0.25, 0.3) is 0 Å². The topological polar surface area (TPSA) is 67.4 Å². The average Bonchev–Trinajstić information content (AvgIpc) is 3.50. The van der Waals surface area contributed by atoms with Crippen LogP contribution in [0.5, 0.6) is 5.75 Å². The minimum atomic E-state index is -0.110. The van der Waals surface area contributed by atoms with E-state index in [4.69, 9.17) is 4.74 Å². The predicted octanol–water partition coefficient (Wildman–Crippen LogP) is 4.30. The minimum Gasteiger partial charge on any atom is -0.493 e. The van der Waals surface area contributed by atoms with Crippen LogP contribution in [-0.2, 0) is 9.59 Å². The summed E-state index contributed by atoms with van der Waals surface area (Å²) >= 11 is 0. The number of aryl methyl sites for hydroxylation is 2. The molecule has 5 nitrogen and oxygen atoms in total. The van der Waals surface area contributed by atoms with Gasteiger partial charge in [-0.3, -0.25) is 9.59 Å². The Bertz CT molecular complexity index is 841. The lowest BCUT2D eigenvalue weighted by atomic mass is 10.1. The number of hydrogen-bond acceptors (Lipinski definition) is 3. The maximum Gasteiger partial charge on any atom is 0.227 e. The largest absolute Gasteiger partial charge is 0.493 e. The number of anilines is 1. The highest BCUT2D eigenvalue weighted by Crippen LogP contribution is 2.30. The van der Waals surface area contributed by atoms with E-state index in [9.17, 15) is 9.59 Å². The number of nitrogens with one attached hydrogen (secondary N) is 2. The van der Waals surface area contributed by atoms with E-state index >= 15 is 0 Å². The molecule has 1 fully saturated rings. The van der Waals surface area contributed by atoms with E-state index in [1.807, 2.05) is 63.2 Å². The number of amides is 2. The van der Waals surface area contributed by atoms with Crippen molar-refractivity contribution in [3.05, 3.63) is 59.2 Å². The number of benzene rings is 2. The molecule has 0 aliphatic heterocycles. The molecule has 0 heterocycles. The van der Waals surface area contributed by atoms with Crippen molar-refractivity contribution in [1.29, 1.82) is 0 Å². The first-order valence-corrected chi connectivity index (χ1v) is 9.82. The highest BCUT2D eigenvalue weighted by molar-refractivity contribution is 5.94. The van der Waals surface area contributed by atoms with Gasteiger partial charge >= 0.3 is 0 Å². The van der Waals surface area contributed by atoms with Gasteiger partial charge in [0.1, 0.15) is 5.75 Å². The van der Waals surface area contributed by atoms with Crippen molar-refractivity contribution in [2.45, 2.75) is 46.1 Å². The Hall–Kier alpha value is -2.82. The van der Waals surface area contributed by atoms with Crippen LogP contribution in [0.2, 0.25) is 0 Å². The Morgan fingerprint density at radius 2 is 1.82 bits per heavy atom. The summed E-state index contributed by atoms with van der Waals surface area (Å²) in [4.78, 5) is 24.0. The molecule has 2 amide bonds. The van der Waals surface area contributed by atoms with Crippen molar-refractivity contribution in [2.24, 2.45) is 5.92 Å². The minimum absolute atomic E-state index is 0.0519. The molecule has 2 aromatic carbocycles. The van der Waals surface area contributed by atoms with E-state index in [2.05, 4.69) is 10.6 Å². The molecule has 3 rings (SSSR count). The maximum absolute atomic E-state index is 12.2. The Kier molecular flexibility index (Phi) is 6.34. The zero-order valence-electron chi connectivity index (χ0n) is 16.7. The molecular formula is C23H28N2O3. The summed E-state index contributed by atoms with van der Waals surface area (Å²) in [6.45, 7) is 6.30. The number of carbonyl (C=O) groups is 2. The predicted molar refractivity (Wildman–Crippen MR) is 110 cm³/mol. The molecule has 1 aliphatic carbocycles. The van der Waals surface area contributed by atoms with Crippen LogP contribution in [0.3, 0.4) is 0 Å². The summed E-state index contributed by atoms with van der Waals surface area (Å²) in [6.07, 6.45) is 2.27. The monoisotopic (exact) mass is 380 g/mol. The molecule has 1 aliphatic rings. The molecule has 28 heavy (non-hydrogen) atoms. The van der Waals surface area contributed by atoms with Crippen LogP contribution in [0.4, 0.5) is 5.69 Å². The molecule has 1 saturated carbocycles. The fourth-order valence-electron chi connectivity index (χ4n) is 2.96. The molecule has 5 heteroatoms. The second-order valence-electron chi connectivity index (χ2n) is 7.54. The van der Waals surface area contributed by atoms with E-state index in [0.29, 0.717) is 13.0 Å². The standard InChI is InChI=1S/C23H28N2O3/c1-15-4-5-16(2)21(14-15)28-13-12-22(26)24-17(3)18-8-10-20(11-9-18)25-23(27)19-6-7-19/h4-5,8-11,14,17,19H,6-7,12-13H2,1-3H3,(H,24,26)(H,25,27). The number of carbonyl (C=O) groups excluding carboxylic acids is 2. The van der Waals surface area contributed by atoms with Crippen LogP contribution in [0, 0.1) is 19.8 Å². The van der Waals surface area contributed by atoms with Gasteiger partial charge in [-0.25, -0.2) is 0 Å². The van der Waals surface area contributed by atoms with Gasteiger partial charge in [-0.05, 0) is 68.5 Å². The van der Waals surface area contributed by atoms with E-state index in [1.54, 1.807) is 0 Å². The first-order chi connectivity index (χ1) is 13.4. The van der Waals surface area contributed by atoms with Gasteiger partial charge in [-0.1, -0.05) is 24.3 Å². The van der Waals surface area contributed by atoms with E-state index in [-0.39, 0.29) is 23.8 Å². The van der Waals surface area contributed by atoms with Crippen molar-refractivity contribution in [3.8, 4) is 5.75 Å². The van der Waals surface area contributed by atoms with Gasteiger partial charge in [0.05, 0.1) is 19.1 Å². The first-order valence-electron chi connectivity index (χ1n) is 9.82. The molecule has 1 atom stereocenters. The van der Waals surface area contributed by atoms with Gasteiger partial charge in [0, 0.05) is 11.6 Å². The summed E-state index contributed by atoms with van der Waals surface area (Å²) < 4.78 is 5.75. The van der Waals surface area contributed by atoms with Crippen LogP contribution < -0.4 is 15.4 Å². The van der Waals surface area contributed by atoms with E-state index < -0.39 is 0 Å². The second-order valence-corrected chi connectivity index (χ2v) is 7.54. The number of hydrogen-bond donors (Lipinski definition) is 2. The molecule has 0 radical (unpaired) electrons. The Morgan fingerprint density at radius 3 is 2.50 bits per heavy atom. The lowest BCUT2D eigenvalue weighted by molar-refractivity contribution is -0.122. The maximum atomic E-state index is 12.2. The Labute approximate surface area is 166 Å². The van der Waals surface area contributed by atoms with Crippen LogP contribution >= 0.6 is 0 Å². The van der Waals surface area contributed by atoms with Crippen molar-refractivity contribution >= 4 is 17.5 Å². The fourth-order valence-corrected chi connectivity index (χ4v) is 2.96. The third-order valence-electron chi connectivity index (χ3n) is 4.93. The summed E-state index contributed by atoms with van der Waals surface area (Å²) in [5, 5.41) is 5.91. The van der Waals surface area contributed by atoms with Gasteiger partial charge in [-0.2, -0.15) is 0 Å². The average molecular weight is 380 g/mol. The normalized spacial score (nSPS) is 14.2. The Balaban J connectivity index is 1.44.